The number of imide groups is 1. The van der Waals surface area contributed by atoms with Crippen LogP contribution in [0.2, 0.25) is 0 Å². The van der Waals surface area contributed by atoms with E-state index in [4.69, 9.17) is 5.26 Å². The molecule has 0 saturated carbocycles. The molecule has 4 heteroatoms. The van der Waals surface area contributed by atoms with Gasteiger partial charge in [-0.15, -0.1) is 0 Å². The summed E-state index contributed by atoms with van der Waals surface area (Å²) >= 11 is 0. The molecule has 2 amide bonds. The molecule has 1 rings (SSSR count). The number of hydrogen-bond acceptors (Lipinski definition) is 3. The molecule has 60 valence electrons. The van der Waals surface area contributed by atoms with Crippen LogP contribution in [0.1, 0.15) is 6.42 Å². The van der Waals surface area contributed by atoms with Gasteiger partial charge in [-0.1, -0.05) is 12.7 Å². The Kier molecular flexibility index (Phi) is 2.06. The van der Waals surface area contributed by atoms with Crippen molar-refractivity contribution in [3.05, 3.63) is 23.8 Å². The predicted octanol–water partition coefficient (Wildman–Crippen LogP) is 0.0391. The van der Waals surface area contributed by atoms with Crippen LogP contribution in [0.5, 0.6) is 0 Å². The van der Waals surface area contributed by atoms with Crippen molar-refractivity contribution in [1.82, 2.24) is 5.32 Å². The third-order valence-corrected chi connectivity index (χ3v) is 1.51. The van der Waals surface area contributed by atoms with Gasteiger partial charge in [-0.05, 0) is 5.57 Å². The second-order valence-corrected chi connectivity index (χ2v) is 2.27. The summed E-state index contributed by atoms with van der Waals surface area (Å²) in [4.78, 5) is 21.7. The second-order valence-electron chi connectivity index (χ2n) is 2.27. The van der Waals surface area contributed by atoms with Crippen LogP contribution in [0.25, 0.3) is 0 Å². The molecule has 0 aliphatic carbocycles. The Bertz CT molecular complexity index is 333. The molecule has 0 spiro atoms. The van der Waals surface area contributed by atoms with Gasteiger partial charge in [0.1, 0.15) is 11.6 Å². The van der Waals surface area contributed by atoms with Gasteiger partial charge < -0.3 is 0 Å². The summed E-state index contributed by atoms with van der Waals surface area (Å²) in [6.45, 7) is 3.41. The normalized spacial score (nSPS) is 16.9. The van der Waals surface area contributed by atoms with E-state index in [0.717, 1.165) is 0 Å². The van der Waals surface area contributed by atoms with Gasteiger partial charge >= 0.3 is 0 Å². The van der Waals surface area contributed by atoms with Gasteiger partial charge in [0, 0.05) is 0 Å². The average molecular weight is 162 g/mol. The zero-order chi connectivity index (χ0) is 9.14. The number of nitrogens with zero attached hydrogens (tertiary/aromatic N) is 1. The largest absolute Gasteiger partial charge is 0.291 e. The summed E-state index contributed by atoms with van der Waals surface area (Å²) < 4.78 is 0. The monoisotopic (exact) mass is 162 g/mol. The first kappa shape index (κ1) is 8.21. The molecular formula is C8H6N2O2. The lowest BCUT2D eigenvalue weighted by molar-refractivity contribution is -0.128. The van der Waals surface area contributed by atoms with Gasteiger partial charge in [0.25, 0.3) is 5.91 Å². The fourth-order valence-electron chi connectivity index (χ4n) is 0.937. The minimum absolute atomic E-state index is 0.0235. The molecule has 0 fully saturated rings. The Morgan fingerprint density at radius 2 is 2.25 bits per heavy atom. The molecule has 0 saturated heterocycles. The molecule has 0 atom stereocenters. The lowest BCUT2D eigenvalue weighted by Crippen LogP contribution is -2.35. The minimum Gasteiger partial charge on any atom is -0.291 e. The first-order chi connectivity index (χ1) is 5.69. The fourth-order valence-corrected chi connectivity index (χ4v) is 0.937. The van der Waals surface area contributed by atoms with E-state index in [1.807, 2.05) is 5.32 Å². The summed E-state index contributed by atoms with van der Waals surface area (Å²) in [5.74, 6) is -1.03. The maximum absolute atomic E-state index is 10.9. The maximum Gasteiger partial charge on any atom is 0.268 e. The third-order valence-electron chi connectivity index (χ3n) is 1.51. The van der Waals surface area contributed by atoms with E-state index in [1.165, 1.54) is 6.08 Å². The molecular weight excluding hydrogens is 156 g/mol. The molecule has 1 aliphatic heterocycles. The first-order valence-corrected chi connectivity index (χ1v) is 3.29. The van der Waals surface area contributed by atoms with E-state index >= 15 is 0 Å². The quantitative estimate of drug-likeness (QED) is 0.553. The maximum atomic E-state index is 10.9. The van der Waals surface area contributed by atoms with E-state index in [0.29, 0.717) is 5.57 Å². The van der Waals surface area contributed by atoms with Crippen LogP contribution in [0.15, 0.2) is 23.8 Å². The van der Waals surface area contributed by atoms with Gasteiger partial charge in [0.05, 0.1) is 6.42 Å². The van der Waals surface area contributed by atoms with Crippen LogP contribution in [0.4, 0.5) is 0 Å². The minimum atomic E-state index is -0.636. The molecule has 0 aromatic heterocycles. The Morgan fingerprint density at radius 1 is 1.58 bits per heavy atom. The lowest BCUT2D eigenvalue weighted by Gasteiger charge is -2.11. The van der Waals surface area contributed by atoms with Crippen molar-refractivity contribution in [3.8, 4) is 6.07 Å². The van der Waals surface area contributed by atoms with Gasteiger partial charge in [-0.25, -0.2) is 0 Å². The van der Waals surface area contributed by atoms with E-state index in [9.17, 15) is 9.59 Å². The van der Waals surface area contributed by atoms with Crippen molar-refractivity contribution in [2.45, 2.75) is 6.42 Å². The van der Waals surface area contributed by atoms with Gasteiger partial charge in [0.15, 0.2) is 0 Å². The standard InChI is InChI=1S/C8H6N2O2/c1-2-5-3-7(11)10-8(12)6(5)4-9/h2H,1,3H2,(H,10,11,12). The molecule has 4 nitrogen and oxygen atoms in total. The highest BCUT2D eigenvalue weighted by Gasteiger charge is 2.23. The van der Waals surface area contributed by atoms with Crippen LogP contribution < -0.4 is 5.32 Å². The molecule has 0 aromatic rings. The van der Waals surface area contributed by atoms with Crippen molar-refractivity contribution in [1.29, 1.82) is 5.26 Å². The topological polar surface area (TPSA) is 70.0 Å². The molecule has 0 unspecified atom stereocenters. The van der Waals surface area contributed by atoms with E-state index in [-0.39, 0.29) is 12.0 Å². The smallest absolute Gasteiger partial charge is 0.268 e. The Labute approximate surface area is 69.2 Å². The molecule has 1 heterocycles. The molecule has 0 aromatic carbocycles. The Morgan fingerprint density at radius 3 is 2.75 bits per heavy atom. The SMILES string of the molecule is C=CC1=C(C#N)C(=O)NC(=O)C1. The summed E-state index contributed by atoms with van der Waals surface area (Å²) in [6, 6.07) is 1.72. The number of amides is 2. The number of hydrogen-bond donors (Lipinski definition) is 1. The summed E-state index contributed by atoms with van der Waals surface area (Å²) in [7, 11) is 0. The van der Waals surface area contributed by atoms with Crippen molar-refractivity contribution in [2.24, 2.45) is 0 Å². The van der Waals surface area contributed by atoms with Crippen molar-refractivity contribution < 1.29 is 9.59 Å². The highest BCUT2D eigenvalue weighted by Crippen LogP contribution is 2.13. The highest BCUT2D eigenvalue weighted by molar-refractivity contribution is 6.11. The fraction of sp³-hybridized carbons (Fsp3) is 0.125. The van der Waals surface area contributed by atoms with E-state index in [1.54, 1.807) is 6.07 Å². The number of carbonyl (C=O) groups is 2. The van der Waals surface area contributed by atoms with Crippen molar-refractivity contribution in [3.63, 3.8) is 0 Å². The molecule has 0 radical (unpaired) electrons. The summed E-state index contributed by atoms with van der Waals surface area (Å²) in [5.41, 5.74) is 0.371. The van der Waals surface area contributed by atoms with Crippen molar-refractivity contribution >= 4 is 11.8 Å². The third kappa shape index (κ3) is 1.25. The molecule has 1 N–H and O–H groups in total. The summed E-state index contributed by atoms with van der Waals surface area (Å²) in [6.07, 6.45) is 1.41. The van der Waals surface area contributed by atoms with E-state index < -0.39 is 11.8 Å². The zero-order valence-electron chi connectivity index (χ0n) is 6.26. The number of allylic oxidation sites excluding steroid dienone is 1. The van der Waals surface area contributed by atoms with Crippen LogP contribution in [-0.4, -0.2) is 11.8 Å². The van der Waals surface area contributed by atoms with Crippen LogP contribution in [0, 0.1) is 11.3 Å². The molecule has 0 bridgehead atoms. The molecule has 12 heavy (non-hydrogen) atoms. The second kappa shape index (κ2) is 3.01. The van der Waals surface area contributed by atoms with Crippen LogP contribution >= 0.6 is 0 Å². The lowest BCUT2D eigenvalue weighted by atomic mass is 10.0. The zero-order valence-corrected chi connectivity index (χ0v) is 6.26. The van der Waals surface area contributed by atoms with E-state index in [2.05, 4.69) is 6.58 Å². The molecule has 1 aliphatic rings. The number of carbonyl (C=O) groups excluding carboxylic acids is 2. The first-order valence-electron chi connectivity index (χ1n) is 3.29. The number of rotatable bonds is 1. The Balaban J connectivity index is 3.16. The van der Waals surface area contributed by atoms with Crippen molar-refractivity contribution in [2.75, 3.05) is 0 Å². The van der Waals surface area contributed by atoms with Crippen LogP contribution in [0.3, 0.4) is 0 Å². The van der Waals surface area contributed by atoms with Gasteiger partial charge in [-0.3, -0.25) is 14.9 Å². The predicted molar refractivity (Wildman–Crippen MR) is 40.6 cm³/mol. The summed E-state index contributed by atoms with van der Waals surface area (Å²) in [5, 5.41) is 10.6. The average Bonchev–Trinajstić information content (AvgIpc) is 2.03. The highest BCUT2D eigenvalue weighted by atomic mass is 16.2. The number of nitrogens with one attached hydrogen (secondary N) is 1. The van der Waals surface area contributed by atoms with Crippen LogP contribution in [-0.2, 0) is 9.59 Å². The van der Waals surface area contributed by atoms with Gasteiger partial charge in [0.2, 0.25) is 5.91 Å². The Hall–Kier alpha value is -1.89. The number of nitriles is 1. The van der Waals surface area contributed by atoms with Gasteiger partial charge in [-0.2, -0.15) is 5.26 Å².